The Bertz CT molecular complexity index is 318. The molecule has 1 rings (SSSR count). The highest BCUT2D eigenvalue weighted by atomic mass is 35.5. The maximum Gasteiger partial charge on any atom is 0.124 e. The van der Waals surface area contributed by atoms with Crippen LogP contribution >= 0.6 is 11.6 Å². The summed E-state index contributed by atoms with van der Waals surface area (Å²) in [6.45, 7) is 4.34. The van der Waals surface area contributed by atoms with Crippen LogP contribution in [0.1, 0.15) is 12.5 Å². The predicted molar refractivity (Wildman–Crippen MR) is 66.2 cm³/mol. The van der Waals surface area contributed by atoms with E-state index in [9.17, 15) is 0 Å². The van der Waals surface area contributed by atoms with Gasteiger partial charge in [0, 0.05) is 17.2 Å². The van der Waals surface area contributed by atoms with Gasteiger partial charge in [-0.25, -0.2) is 0 Å². The first-order valence-corrected chi connectivity index (χ1v) is 5.85. The highest BCUT2D eigenvalue weighted by molar-refractivity contribution is 6.31. The molecular formula is C12H18ClNO2. The summed E-state index contributed by atoms with van der Waals surface area (Å²) in [5.74, 6) is 0.803. The minimum atomic E-state index is 0.533. The van der Waals surface area contributed by atoms with E-state index in [0.29, 0.717) is 31.4 Å². The Morgan fingerprint density at radius 3 is 2.81 bits per heavy atom. The molecule has 0 aliphatic carbocycles. The van der Waals surface area contributed by atoms with Gasteiger partial charge in [-0.3, -0.25) is 0 Å². The Morgan fingerprint density at radius 2 is 2.12 bits per heavy atom. The molecule has 0 spiro atoms. The van der Waals surface area contributed by atoms with E-state index in [2.05, 4.69) is 0 Å². The molecule has 0 atom stereocenters. The SMILES string of the molecule is CCOCCOc1cccc(Cl)c1CCN. The van der Waals surface area contributed by atoms with Gasteiger partial charge in [0.1, 0.15) is 12.4 Å². The van der Waals surface area contributed by atoms with Gasteiger partial charge >= 0.3 is 0 Å². The number of nitrogens with two attached hydrogens (primary N) is 1. The molecule has 0 aromatic heterocycles. The summed E-state index contributed by atoms with van der Waals surface area (Å²) in [6, 6.07) is 5.63. The molecule has 3 nitrogen and oxygen atoms in total. The average molecular weight is 244 g/mol. The summed E-state index contributed by atoms with van der Waals surface area (Å²) >= 11 is 6.08. The molecule has 0 saturated heterocycles. The molecule has 0 saturated carbocycles. The zero-order valence-electron chi connectivity index (χ0n) is 9.54. The van der Waals surface area contributed by atoms with E-state index in [4.69, 9.17) is 26.8 Å². The summed E-state index contributed by atoms with van der Waals surface area (Å²) in [7, 11) is 0. The molecule has 16 heavy (non-hydrogen) atoms. The monoisotopic (exact) mass is 243 g/mol. The third kappa shape index (κ3) is 4.00. The second-order valence-electron chi connectivity index (χ2n) is 3.30. The lowest BCUT2D eigenvalue weighted by Crippen LogP contribution is -2.10. The van der Waals surface area contributed by atoms with Crippen LogP contribution < -0.4 is 10.5 Å². The molecule has 2 N–H and O–H groups in total. The first kappa shape index (κ1) is 13.3. The van der Waals surface area contributed by atoms with Crippen LogP contribution in [-0.4, -0.2) is 26.4 Å². The van der Waals surface area contributed by atoms with E-state index in [0.717, 1.165) is 17.7 Å². The predicted octanol–water partition coefficient (Wildman–Crippen LogP) is 2.26. The van der Waals surface area contributed by atoms with Crippen molar-refractivity contribution in [2.45, 2.75) is 13.3 Å². The normalized spacial score (nSPS) is 10.4. The molecule has 0 radical (unpaired) electrons. The fourth-order valence-electron chi connectivity index (χ4n) is 1.42. The van der Waals surface area contributed by atoms with Crippen molar-refractivity contribution in [3.8, 4) is 5.75 Å². The quantitative estimate of drug-likeness (QED) is 0.748. The molecule has 0 aliphatic heterocycles. The molecule has 0 amide bonds. The van der Waals surface area contributed by atoms with Crippen molar-refractivity contribution in [1.29, 1.82) is 0 Å². The standard InChI is InChI=1S/C12H18ClNO2/c1-2-15-8-9-16-12-5-3-4-11(13)10(12)6-7-14/h3-5H,2,6-9,14H2,1H3. The van der Waals surface area contributed by atoms with Gasteiger partial charge in [0.2, 0.25) is 0 Å². The van der Waals surface area contributed by atoms with Gasteiger partial charge in [0.05, 0.1) is 6.61 Å². The Kier molecular flexibility index (Phi) is 6.23. The van der Waals surface area contributed by atoms with Crippen LogP contribution in [0, 0.1) is 0 Å². The first-order valence-electron chi connectivity index (χ1n) is 5.47. The van der Waals surface area contributed by atoms with Crippen molar-refractivity contribution in [1.82, 2.24) is 0 Å². The molecule has 1 aromatic carbocycles. The largest absolute Gasteiger partial charge is 0.491 e. The van der Waals surface area contributed by atoms with E-state index >= 15 is 0 Å². The minimum absolute atomic E-state index is 0.533. The minimum Gasteiger partial charge on any atom is -0.491 e. The molecule has 0 unspecified atom stereocenters. The fraction of sp³-hybridized carbons (Fsp3) is 0.500. The van der Waals surface area contributed by atoms with Gasteiger partial charge in [-0.05, 0) is 32.0 Å². The van der Waals surface area contributed by atoms with Crippen LogP contribution in [0.15, 0.2) is 18.2 Å². The molecule has 0 fully saturated rings. The highest BCUT2D eigenvalue weighted by Gasteiger charge is 2.06. The van der Waals surface area contributed by atoms with Gasteiger partial charge in [-0.2, -0.15) is 0 Å². The molecule has 0 heterocycles. The molecular weight excluding hydrogens is 226 g/mol. The van der Waals surface area contributed by atoms with Crippen molar-refractivity contribution in [2.24, 2.45) is 5.73 Å². The third-order valence-corrected chi connectivity index (χ3v) is 2.51. The van der Waals surface area contributed by atoms with Gasteiger partial charge in [-0.1, -0.05) is 17.7 Å². The lowest BCUT2D eigenvalue weighted by atomic mass is 10.1. The zero-order valence-corrected chi connectivity index (χ0v) is 10.3. The maximum atomic E-state index is 6.08. The van der Waals surface area contributed by atoms with E-state index in [1.807, 2.05) is 25.1 Å². The smallest absolute Gasteiger partial charge is 0.124 e. The Labute approximate surface area is 101 Å². The van der Waals surface area contributed by atoms with Crippen molar-refractivity contribution in [3.05, 3.63) is 28.8 Å². The Hall–Kier alpha value is -0.770. The van der Waals surface area contributed by atoms with Crippen molar-refractivity contribution >= 4 is 11.6 Å². The van der Waals surface area contributed by atoms with Crippen LogP contribution in [0.5, 0.6) is 5.75 Å². The van der Waals surface area contributed by atoms with Crippen molar-refractivity contribution < 1.29 is 9.47 Å². The number of halogens is 1. The van der Waals surface area contributed by atoms with Gasteiger partial charge in [-0.15, -0.1) is 0 Å². The second kappa shape index (κ2) is 7.49. The number of hydrogen-bond donors (Lipinski definition) is 1. The molecule has 4 heteroatoms. The first-order chi connectivity index (χ1) is 7.79. The summed E-state index contributed by atoms with van der Waals surface area (Å²) in [5, 5.41) is 0.708. The van der Waals surface area contributed by atoms with E-state index in [1.165, 1.54) is 0 Å². The average Bonchev–Trinajstić information content (AvgIpc) is 2.29. The second-order valence-corrected chi connectivity index (χ2v) is 3.71. The Balaban J connectivity index is 2.59. The molecule has 1 aromatic rings. The maximum absolute atomic E-state index is 6.08. The van der Waals surface area contributed by atoms with E-state index in [-0.39, 0.29) is 0 Å². The van der Waals surface area contributed by atoms with Crippen molar-refractivity contribution in [2.75, 3.05) is 26.4 Å². The van der Waals surface area contributed by atoms with Crippen LogP contribution in [0.4, 0.5) is 0 Å². The number of hydrogen-bond acceptors (Lipinski definition) is 3. The Morgan fingerprint density at radius 1 is 1.31 bits per heavy atom. The summed E-state index contributed by atoms with van der Waals surface area (Å²) in [6.07, 6.45) is 0.726. The van der Waals surface area contributed by atoms with E-state index in [1.54, 1.807) is 0 Å². The fourth-order valence-corrected chi connectivity index (χ4v) is 1.68. The molecule has 90 valence electrons. The van der Waals surface area contributed by atoms with E-state index < -0.39 is 0 Å². The topological polar surface area (TPSA) is 44.5 Å². The van der Waals surface area contributed by atoms with Crippen LogP contribution in [0.25, 0.3) is 0 Å². The molecule has 0 bridgehead atoms. The van der Waals surface area contributed by atoms with Crippen LogP contribution in [-0.2, 0) is 11.2 Å². The third-order valence-electron chi connectivity index (χ3n) is 2.16. The summed E-state index contributed by atoms with van der Waals surface area (Å²) in [4.78, 5) is 0. The van der Waals surface area contributed by atoms with Gasteiger partial charge < -0.3 is 15.2 Å². The summed E-state index contributed by atoms with van der Waals surface area (Å²) in [5.41, 5.74) is 6.51. The number of ether oxygens (including phenoxy) is 2. The molecule has 0 aliphatic rings. The lowest BCUT2D eigenvalue weighted by molar-refractivity contribution is 0.110. The highest BCUT2D eigenvalue weighted by Crippen LogP contribution is 2.26. The summed E-state index contributed by atoms with van der Waals surface area (Å²) < 4.78 is 10.8. The number of benzene rings is 1. The van der Waals surface area contributed by atoms with Gasteiger partial charge in [0.25, 0.3) is 0 Å². The number of rotatable bonds is 7. The zero-order chi connectivity index (χ0) is 11.8. The van der Waals surface area contributed by atoms with Gasteiger partial charge in [0.15, 0.2) is 0 Å². The van der Waals surface area contributed by atoms with Crippen molar-refractivity contribution in [3.63, 3.8) is 0 Å². The van der Waals surface area contributed by atoms with Crippen LogP contribution in [0.2, 0.25) is 5.02 Å². The van der Waals surface area contributed by atoms with Crippen LogP contribution in [0.3, 0.4) is 0 Å². The lowest BCUT2D eigenvalue weighted by Gasteiger charge is -2.12.